The summed E-state index contributed by atoms with van der Waals surface area (Å²) in [5, 5.41) is 3.96. The van der Waals surface area contributed by atoms with E-state index in [0.717, 1.165) is 30.3 Å². The molecule has 0 aromatic rings. The maximum absolute atomic E-state index is 3.96. The van der Waals surface area contributed by atoms with Crippen molar-refractivity contribution in [2.75, 3.05) is 20.6 Å². The lowest BCUT2D eigenvalue weighted by molar-refractivity contribution is 0.176. The van der Waals surface area contributed by atoms with Crippen LogP contribution >= 0.6 is 0 Å². The molecule has 0 amide bonds. The largest absolute Gasteiger partial charge is 0.310 e. The second-order valence-corrected chi connectivity index (χ2v) is 7.13. The van der Waals surface area contributed by atoms with Crippen LogP contribution in [0, 0.1) is 17.8 Å². The molecule has 1 fully saturated rings. The fourth-order valence-electron chi connectivity index (χ4n) is 3.33. The molecule has 0 saturated heterocycles. The van der Waals surface area contributed by atoms with Crippen LogP contribution in [0.25, 0.3) is 0 Å². The average molecular weight is 254 g/mol. The molecule has 4 atom stereocenters. The van der Waals surface area contributed by atoms with Crippen LogP contribution in [-0.2, 0) is 0 Å². The molecule has 1 aliphatic rings. The first-order valence-corrected chi connectivity index (χ1v) is 7.81. The van der Waals surface area contributed by atoms with E-state index in [4.69, 9.17) is 0 Å². The topological polar surface area (TPSA) is 15.3 Å². The molecule has 0 aromatic carbocycles. The predicted octanol–water partition coefficient (Wildman–Crippen LogP) is 3.38. The lowest BCUT2D eigenvalue weighted by Crippen LogP contribution is -2.49. The number of likely N-dealkylation sites (N-methyl/N-ethyl adjacent to an activating group) is 1. The zero-order valence-corrected chi connectivity index (χ0v) is 13.4. The summed E-state index contributed by atoms with van der Waals surface area (Å²) in [6.07, 6.45) is 5.48. The van der Waals surface area contributed by atoms with Gasteiger partial charge in [-0.05, 0) is 44.7 Å². The minimum absolute atomic E-state index is 0.651. The van der Waals surface area contributed by atoms with Gasteiger partial charge in [0.2, 0.25) is 0 Å². The van der Waals surface area contributed by atoms with Crippen LogP contribution in [0.5, 0.6) is 0 Å². The third kappa shape index (κ3) is 5.27. The third-order valence-corrected chi connectivity index (χ3v) is 4.50. The number of rotatable bonds is 6. The molecule has 2 nitrogen and oxygen atoms in total. The van der Waals surface area contributed by atoms with Gasteiger partial charge in [-0.25, -0.2) is 0 Å². The Morgan fingerprint density at radius 1 is 1.17 bits per heavy atom. The van der Waals surface area contributed by atoms with Crippen molar-refractivity contribution in [2.45, 2.75) is 65.5 Å². The SMILES string of the molecule is CC(C)CC(CN(C)C)NC1CCCC(C)C1C. The number of hydrogen-bond donors (Lipinski definition) is 1. The Bertz CT molecular complexity index is 215. The highest BCUT2D eigenvalue weighted by Crippen LogP contribution is 2.30. The van der Waals surface area contributed by atoms with Crippen molar-refractivity contribution in [3.8, 4) is 0 Å². The molecule has 0 aromatic heterocycles. The highest BCUT2D eigenvalue weighted by Gasteiger charge is 2.28. The van der Waals surface area contributed by atoms with Gasteiger partial charge in [-0.2, -0.15) is 0 Å². The quantitative estimate of drug-likeness (QED) is 0.782. The van der Waals surface area contributed by atoms with E-state index in [9.17, 15) is 0 Å². The van der Waals surface area contributed by atoms with Gasteiger partial charge in [0.25, 0.3) is 0 Å². The van der Waals surface area contributed by atoms with Gasteiger partial charge in [-0.3, -0.25) is 0 Å². The first kappa shape index (κ1) is 16.0. The maximum atomic E-state index is 3.96. The molecule has 0 radical (unpaired) electrons. The molecule has 0 aliphatic heterocycles. The molecule has 2 heteroatoms. The van der Waals surface area contributed by atoms with Gasteiger partial charge in [0.05, 0.1) is 0 Å². The van der Waals surface area contributed by atoms with Crippen molar-refractivity contribution in [1.29, 1.82) is 0 Å². The predicted molar refractivity (Wildman–Crippen MR) is 80.9 cm³/mol. The highest BCUT2D eigenvalue weighted by atomic mass is 15.1. The molecular formula is C16H34N2. The minimum atomic E-state index is 0.651. The summed E-state index contributed by atoms with van der Waals surface area (Å²) >= 11 is 0. The summed E-state index contributed by atoms with van der Waals surface area (Å²) in [4.78, 5) is 2.32. The molecule has 0 bridgehead atoms. The van der Waals surface area contributed by atoms with Crippen molar-refractivity contribution in [3.63, 3.8) is 0 Å². The van der Waals surface area contributed by atoms with Gasteiger partial charge >= 0.3 is 0 Å². The average Bonchev–Trinajstić information content (AvgIpc) is 2.23. The molecule has 1 rings (SSSR count). The molecular weight excluding hydrogens is 220 g/mol. The van der Waals surface area contributed by atoms with Crippen molar-refractivity contribution < 1.29 is 0 Å². The Kier molecular flexibility index (Phi) is 6.65. The highest BCUT2D eigenvalue weighted by molar-refractivity contribution is 4.85. The smallest absolute Gasteiger partial charge is 0.0199 e. The second-order valence-electron chi connectivity index (χ2n) is 7.13. The van der Waals surface area contributed by atoms with Crippen LogP contribution in [0.2, 0.25) is 0 Å². The molecule has 1 aliphatic carbocycles. The van der Waals surface area contributed by atoms with Crippen molar-refractivity contribution in [2.24, 2.45) is 17.8 Å². The first-order chi connectivity index (χ1) is 8.40. The van der Waals surface area contributed by atoms with Crippen LogP contribution in [-0.4, -0.2) is 37.6 Å². The normalized spacial score (nSPS) is 31.0. The Hall–Kier alpha value is -0.0800. The van der Waals surface area contributed by atoms with E-state index in [1.807, 2.05) is 0 Å². The number of nitrogens with one attached hydrogen (secondary N) is 1. The van der Waals surface area contributed by atoms with E-state index >= 15 is 0 Å². The van der Waals surface area contributed by atoms with Gasteiger partial charge < -0.3 is 10.2 Å². The molecule has 1 N–H and O–H groups in total. The Morgan fingerprint density at radius 3 is 2.39 bits per heavy atom. The van der Waals surface area contributed by atoms with Gasteiger partial charge in [0, 0.05) is 18.6 Å². The molecule has 0 heterocycles. The minimum Gasteiger partial charge on any atom is -0.310 e. The molecule has 18 heavy (non-hydrogen) atoms. The first-order valence-electron chi connectivity index (χ1n) is 7.81. The van der Waals surface area contributed by atoms with Crippen LogP contribution in [0.15, 0.2) is 0 Å². The molecule has 108 valence electrons. The summed E-state index contributed by atoms with van der Waals surface area (Å²) < 4.78 is 0. The van der Waals surface area contributed by atoms with Gasteiger partial charge in [-0.1, -0.05) is 40.5 Å². The lowest BCUT2D eigenvalue weighted by Gasteiger charge is -2.38. The summed E-state index contributed by atoms with van der Waals surface area (Å²) in [6, 6.07) is 1.38. The second kappa shape index (κ2) is 7.49. The van der Waals surface area contributed by atoms with Crippen LogP contribution in [0.1, 0.15) is 53.4 Å². The van der Waals surface area contributed by atoms with E-state index < -0.39 is 0 Å². The summed E-state index contributed by atoms with van der Waals surface area (Å²) in [5.41, 5.74) is 0. The molecule has 4 unspecified atom stereocenters. The Labute approximate surface area is 115 Å². The zero-order chi connectivity index (χ0) is 13.7. The summed E-state index contributed by atoms with van der Waals surface area (Å²) in [5.74, 6) is 2.49. The van der Waals surface area contributed by atoms with E-state index in [-0.39, 0.29) is 0 Å². The van der Waals surface area contributed by atoms with Crippen LogP contribution in [0.3, 0.4) is 0 Å². The van der Waals surface area contributed by atoms with Crippen molar-refractivity contribution in [3.05, 3.63) is 0 Å². The third-order valence-electron chi connectivity index (χ3n) is 4.50. The lowest BCUT2D eigenvalue weighted by atomic mass is 9.77. The summed E-state index contributed by atoms with van der Waals surface area (Å²) in [6.45, 7) is 10.7. The number of nitrogens with zero attached hydrogens (tertiary/aromatic N) is 1. The van der Waals surface area contributed by atoms with Crippen LogP contribution < -0.4 is 5.32 Å². The van der Waals surface area contributed by atoms with E-state index in [0.29, 0.717) is 6.04 Å². The fraction of sp³-hybridized carbons (Fsp3) is 1.00. The fourth-order valence-corrected chi connectivity index (χ4v) is 3.33. The van der Waals surface area contributed by atoms with Gasteiger partial charge in [0.15, 0.2) is 0 Å². The molecule has 1 saturated carbocycles. The molecule has 0 spiro atoms. The van der Waals surface area contributed by atoms with Crippen molar-refractivity contribution >= 4 is 0 Å². The Morgan fingerprint density at radius 2 is 1.83 bits per heavy atom. The van der Waals surface area contributed by atoms with Crippen molar-refractivity contribution in [1.82, 2.24) is 10.2 Å². The monoisotopic (exact) mass is 254 g/mol. The van der Waals surface area contributed by atoms with E-state index in [1.165, 1.54) is 25.7 Å². The standard InChI is InChI=1S/C16H34N2/c1-12(2)10-15(11-18(5)6)17-16-9-7-8-13(3)14(16)4/h12-17H,7-11H2,1-6H3. The Balaban J connectivity index is 2.52. The van der Waals surface area contributed by atoms with E-state index in [1.54, 1.807) is 0 Å². The van der Waals surface area contributed by atoms with Gasteiger partial charge in [0.1, 0.15) is 0 Å². The summed E-state index contributed by atoms with van der Waals surface area (Å²) in [7, 11) is 4.36. The van der Waals surface area contributed by atoms with E-state index in [2.05, 4.69) is 52.0 Å². The van der Waals surface area contributed by atoms with Gasteiger partial charge in [-0.15, -0.1) is 0 Å². The number of hydrogen-bond acceptors (Lipinski definition) is 2. The van der Waals surface area contributed by atoms with Crippen LogP contribution in [0.4, 0.5) is 0 Å². The maximum Gasteiger partial charge on any atom is 0.0199 e. The zero-order valence-electron chi connectivity index (χ0n) is 13.4.